The summed E-state index contributed by atoms with van der Waals surface area (Å²) in [7, 11) is 0. The summed E-state index contributed by atoms with van der Waals surface area (Å²) in [5.74, 6) is 0.520. The Morgan fingerprint density at radius 3 is 3.08 bits per heavy atom. The third kappa shape index (κ3) is 2.91. The van der Waals surface area contributed by atoms with Crippen molar-refractivity contribution in [3.63, 3.8) is 0 Å². The Morgan fingerprint density at radius 1 is 1.38 bits per heavy atom. The van der Waals surface area contributed by atoms with E-state index in [0.29, 0.717) is 23.6 Å². The second-order valence-corrected chi connectivity index (χ2v) is 7.25. The number of hydrogen-bond acceptors (Lipinski definition) is 4. The van der Waals surface area contributed by atoms with Gasteiger partial charge in [0.25, 0.3) is 5.91 Å². The van der Waals surface area contributed by atoms with Crippen LogP contribution in [0.15, 0.2) is 30.6 Å². The quantitative estimate of drug-likeness (QED) is 0.929. The van der Waals surface area contributed by atoms with Crippen molar-refractivity contribution in [2.24, 2.45) is 5.92 Å². The van der Waals surface area contributed by atoms with Crippen molar-refractivity contribution in [1.29, 1.82) is 0 Å². The average Bonchev–Trinajstić information content (AvgIpc) is 3.18. The zero-order chi connectivity index (χ0) is 16.7. The number of pyridine rings is 1. The largest absolute Gasteiger partial charge is 0.375 e. The van der Waals surface area contributed by atoms with E-state index in [2.05, 4.69) is 29.2 Å². The molecule has 6 nitrogen and oxygen atoms in total. The summed E-state index contributed by atoms with van der Waals surface area (Å²) in [5, 5.41) is 7.34. The maximum Gasteiger partial charge on any atom is 0.251 e. The van der Waals surface area contributed by atoms with E-state index in [1.54, 1.807) is 10.7 Å². The molecule has 128 valence electrons. The summed E-state index contributed by atoms with van der Waals surface area (Å²) in [6, 6.07) is 6.22. The second-order valence-electron chi connectivity index (χ2n) is 7.25. The normalized spacial score (nSPS) is 27.5. The third-order valence-electron chi connectivity index (χ3n) is 5.19. The van der Waals surface area contributed by atoms with Gasteiger partial charge in [-0.1, -0.05) is 13.8 Å². The first-order valence-electron chi connectivity index (χ1n) is 8.70. The predicted octanol–water partition coefficient (Wildman–Crippen LogP) is 1.56. The molecule has 3 atom stereocenters. The van der Waals surface area contributed by atoms with Crippen LogP contribution in [-0.2, 0) is 4.74 Å². The molecule has 2 aliphatic heterocycles. The van der Waals surface area contributed by atoms with Crippen LogP contribution in [-0.4, -0.2) is 58.3 Å². The van der Waals surface area contributed by atoms with E-state index in [1.165, 1.54) is 0 Å². The SMILES string of the molecule is CC(C)[C@@H]1CN2C[C@@H](NC(=O)c3ccn4nccc4c3)C[C@H]2CO1. The molecule has 2 saturated heterocycles. The summed E-state index contributed by atoms with van der Waals surface area (Å²) in [6.45, 7) is 7.06. The van der Waals surface area contributed by atoms with E-state index in [1.807, 2.05) is 24.4 Å². The van der Waals surface area contributed by atoms with Crippen LogP contribution in [0.1, 0.15) is 30.6 Å². The van der Waals surface area contributed by atoms with Gasteiger partial charge in [-0.2, -0.15) is 5.10 Å². The minimum atomic E-state index is -0.00938. The lowest BCUT2D eigenvalue weighted by Crippen LogP contribution is -2.48. The number of carbonyl (C=O) groups is 1. The highest BCUT2D eigenvalue weighted by atomic mass is 16.5. The number of morpholine rings is 1. The van der Waals surface area contributed by atoms with Gasteiger partial charge < -0.3 is 10.1 Å². The fourth-order valence-electron chi connectivity index (χ4n) is 3.74. The fraction of sp³-hybridized carbons (Fsp3) is 0.556. The van der Waals surface area contributed by atoms with Gasteiger partial charge in [-0.05, 0) is 30.5 Å². The number of hydrogen-bond donors (Lipinski definition) is 1. The summed E-state index contributed by atoms with van der Waals surface area (Å²) < 4.78 is 7.73. The molecule has 6 heteroatoms. The molecule has 4 rings (SSSR count). The first-order chi connectivity index (χ1) is 11.6. The molecule has 0 saturated carbocycles. The monoisotopic (exact) mass is 328 g/mol. The van der Waals surface area contributed by atoms with Gasteiger partial charge in [-0.15, -0.1) is 0 Å². The van der Waals surface area contributed by atoms with Crippen LogP contribution in [0, 0.1) is 5.92 Å². The van der Waals surface area contributed by atoms with Crippen LogP contribution in [0.3, 0.4) is 0 Å². The highest BCUT2D eigenvalue weighted by molar-refractivity contribution is 5.95. The van der Waals surface area contributed by atoms with E-state index in [-0.39, 0.29) is 11.9 Å². The molecule has 0 aliphatic carbocycles. The van der Waals surface area contributed by atoms with Gasteiger partial charge >= 0.3 is 0 Å². The van der Waals surface area contributed by atoms with Crippen molar-refractivity contribution in [2.75, 3.05) is 19.7 Å². The lowest BCUT2D eigenvalue weighted by atomic mass is 10.0. The van der Waals surface area contributed by atoms with Crippen LogP contribution in [0.4, 0.5) is 0 Å². The number of nitrogens with one attached hydrogen (secondary N) is 1. The summed E-state index contributed by atoms with van der Waals surface area (Å²) in [4.78, 5) is 15.0. The number of rotatable bonds is 3. The molecule has 0 unspecified atom stereocenters. The fourth-order valence-corrected chi connectivity index (χ4v) is 3.74. The molecule has 1 N–H and O–H groups in total. The molecule has 2 fully saturated rings. The molecule has 0 spiro atoms. The van der Waals surface area contributed by atoms with E-state index < -0.39 is 0 Å². The number of amides is 1. The highest BCUT2D eigenvalue weighted by Crippen LogP contribution is 2.26. The summed E-state index contributed by atoms with van der Waals surface area (Å²) >= 11 is 0. The van der Waals surface area contributed by atoms with Crippen LogP contribution in [0.5, 0.6) is 0 Å². The molecule has 0 aromatic carbocycles. The van der Waals surface area contributed by atoms with Gasteiger partial charge in [0.05, 0.1) is 18.2 Å². The molecule has 1 amide bonds. The minimum Gasteiger partial charge on any atom is -0.375 e. The Hall–Kier alpha value is -1.92. The molecule has 2 aromatic rings. The number of aromatic nitrogens is 2. The lowest BCUT2D eigenvalue weighted by molar-refractivity contribution is -0.0683. The van der Waals surface area contributed by atoms with Crippen LogP contribution < -0.4 is 5.32 Å². The predicted molar refractivity (Wildman–Crippen MR) is 91.0 cm³/mol. The minimum absolute atomic E-state index is 0.00938. The zero-order valence-electron chi connectivity index (χ0n) is 14.2. The smallest absolute Gasteiger partial charge is 0.251 e. The number of ether oxygens (including phenoxy) is 1. The molecular weight excluding hydrogens is 304 g/mol. The van der Waals surface area contributed by atoms with E-state index >= 15 is 0 Å². The van der Waals surface area contributed by atoms with Gasteiger partial charge in [0.2, 0.25) is 0 Å². The lowest BCUT2D eigenvalue weighted by Gasteiger charge is -2.36. The molecule has 4 heterocycles. The van der Waals surface area contributed by atoms with Crippen molar-refractivity contribution in [3.05, 3.63) is 36.2 Å². The molecular formula is C18H24N4O2. The zero-order valence-corrected chi connectivity index (χ0v) is 14.2. The Balaban J connectivity index is 1.40. The highest BCUT2D eigenvalue weighted by Gasteiger charge is 2.38. The van der Waals surface area contributed by atoms with Gasteiger partial charge in [-0.25, -0.2) is 4.52 Å². The van der Waals surface area contributed by atoms with Gasteiger partial charge in [-0.3, -0.25) is 9.69 Å². The summed E-state index contributed by atoms with van der Waals surface area (Å²) in [6.07, 6.45) is 4.83. The van der Waals surface area contributed by atoms with Crippen LogP contribution in [0.25, 0.3) is 5.52 Å². The maximum atomic E-state index is 12.6. The van der Waals surface area contributed by atoms with E-state index in [9.17, 15) is 4.79 Å². The Bertz CT molecular complexity index is 741. The molecule has 0 bridgehead atoms. The van der Waals surface area contributed by atoms with Gasteiger partial charge in [0.15, 0.2) is 0 Å². The Kier molecular flexibility index (Phi) is 4.02. The van der Waals surface area contributed by atoms with Gasteiger partial charge in [0, 0.05) is 43.1 Å². The maximum absolute atomic E-state index is 12.6. The first kappa shape index (κ1) is 15.6. The van der Waals surface area contributed by atoms with Crippen LogP contribution >= 0.6 is 0 Å². The van der Waals surface area contributed by atoms with Crippen LogP contribution in [0.2, 0.25) is 0 Å². The standard InChI is InChI=1S/C18H24N4O2/c1-12(2)17-10-21-9-14(8-16(21)11-24-17)20-18(23)13-4-6-22-15(7-13)3-5-19-22/h3-7,12,14,16-17H,8-11H2,1-2H3,(H,20,23)/t14-,16-,17-/m0/s1. The molecule has 2 aliphatic rings. The van der Waals surface area contributed by atoms with E-state index in [0.717, 1.165) is 31.6 Å². The Labute approximate surface area is 141 Å². The number of fused-ring (bicyclic) bond motifs is 2. The van der Waals surface area contributed by atoms with Gasteiger partial charge in [0.1, 0.15) is 0 Å². The van der Waals surface area contributed by atoms with Crippen molar-refractivity contribution < 1.29 is 9.53 Å². The Morgan fingerprint density at radius 2 is 2.25 bits per heavy atom. The topological polar surface area (TPSA) is 58.9 Å². The average molecular weight is 328 g/mol. The molecule has 24 heavy (non-hydrogen) atoms. The van der Waals surface area contributed by atoms with Crippen molar-refractivity contribution >= 4 is 11.4 Å². The number of carbonyl (C=O) groups excluding carboxylic acids is 1. The second kappa shape index (κ2) is 6.18. The van der Waals surface area contributed by atoms with Crippen molar-refractivity contribution in [1.82, 2.24) is 19.8 Å². The summed E-state index contributed by atoms with van der Waals surface area (Å²) in [5.41, 5.74) is 1.61. The van der Waals surface area contributed by atoms with E-state index in [4.69, 9.17) is 4.74 Å². The molecule has 2 aromatic heterocycles. The first-order valence-corrected chi connectivity index (χ1v) is 8.70. The third-order valence-corrected chi connectivity index (χ3v) is 5.19. The molecule has 0 radical (unpaired) electrons. The van der Waals surface area contributed by atoms with Crippen molar-refractivity contribution in [2.45, 2.75) is 38.5 Å². The van der Waals surface area contributed by atoms with Crippen molar-refractivity contribution in [3.8, 4) is 0 Å². The number of nitrogens with zero attached hydrogens (tertiary/aromatic N) is 3.